The second-order valence-corrected chi connectivity index (χ2v) is 8.39. The van der Waals surface area contributed by atoms with Crippen LogP contribution in [-0.2, 0) is 21.2 Å². The number of anilines is 2. The van der Waals surface area contributed by atoms with Gasteiger partial charge in [-0.05, 0) is 37.0 Å². The summed E-state index contributed by atoms with van der Waals surface area (Å²) in [6.07, 6.45) is 2.62. The number of halogens is 1. The lowest BCUT2D eigenvalue weighted by atomic mass is 10.1. The van der Waals surface area contributed by atoms with Gasteiger partial charge in [-0.25, -0.2) is 13.6 Å². The third-order valence-electron chi connectivity index (χ3n) is 3.40. The van der Waals surface area contributed by atoms with E-state index in [0.717, 1.165) is 18.4 Å². The second kappa shape index (κ2) is 9.81. The Labute approximate surface area is 161 Å². The Kier molecular flexibility index (Phi) is 7.76. The Balaban J connectivity index is 1.76. The first kappa shape index (κ1) is 20.6. The van der Waals surface area contributed by atoms with Crippen LogP contribution in [0.3, 0.4) is 0 Å². The molecule has 1 aromatic heterocycles. The average Bonchev–Trinajstić information content (AvgIpc) is 3.02. The molecule has 0 atom stereocenters. The molecule has 0 aliphatic heterocycles. The highest BCUT2D eigenvalue weighted by Gasteiger charge is 2.09. The van der Waals surface area contributed by atoms with Crippen LogP contribution in [0.1, 0.15) is 24.8 Å². The van der Waals surface area contributed by atoms with Crippen molar-refractivity contribution in [1.82, 2.24) is 10.2 Å². The molecule has 0 radical (unpaired) electrons. The summed E-state index contributed by atoms with van der Waals surface area (Å²) in [5, 5.41) is 19.8. The molecule has 8 nitrogen and oxygen atoms in total. The summed E-state index contributed by atoms with van der Waals surface area (Å²) in [5.41, 5.74) is 0.960. The monoisotopic (exact) mass is 417 g/mol. The molecule has 2 aromatic rings. The minimum absolute atomic E-state index is 0.0877. The predicted molar refractivity (Wildman–Crippen MR) is 103 cm³/mol. The van der Waals surface area contributed by atoms with Crippen molar-refractivity contribution in [1.29, 1.82) is 0 Å². The number of nitrogens with zero attached hydrogens (tertiary/aromatic N) is 2. The summed E-state index contributed by atoms with van der Waals surface area (Å²) < 4.78 is 22.4. The van der Waals surface area contributed by atoms with E-state index in [9.17, 15) is 13.2 Å². The highest BCUT2D eigenvalue weighted by Crippen LogP contribution is 2.20. The van der Waals surface area contributed by atoms with Crippen LogP contribution in [0.25, 0.3) is 0 Å². The van der Waals surface area contributed by atoms with Gasteiger partial charge < -0.3 is 10.6 Å². The van der Waals surface area contributed by atoms with E-state index in [0.29, 0.717) is 35.5 Å². The third-order valence-corrected chi connectivity index (χ3v) is 5.39. The lowest BCUT2D eigenvalue weighted by molar-refractivity contribution is -0.116. The highest BCUT2D eigenvalue weighted by atomic mass is 35.5. The summed E-state index contributed by atoms with van der Waals surface area (Å²) in [6.45, 7) is 0.590. The number of aromatic nitrogens is 2. The number of carbonyl (C=O) groups is 1. The van der Waals surface area contributed by atoms with Gasteiger partial charge in [0, 0.05) is 18.8 Å². The molecule has 0 unspecified atom stereocenters. The van der Waals surface area contributed by atoms with Crippen molar-refractivity contribution in [3.05, 3.63) is 29.8 Å². The summed E-state index contributed by atoms with van der Waals surface area (Å²) in [5.74, 6) is 0.443. The number of rotatable bonds is 10. The molecule has 0 fully saturated rings. The number of alkyl halides is 1. The average molecular weight is 418 g/mol. The van der Waals surface area contributed by atoms with Crippen molar-refractivity contribution in [3.8, 4) is 0 Å². The van der Waals surface area contributed by atoms with Crippen LogP contribution in [0.2, 0.25) is 0 Å². The number of unbranched alkanes of at least 4 members (excludes halogenated alkanes) is 1. The van der Waals surface area contributed by atoms with Crippen LogP contribution in [0, 0.1) is 0 Å². The van der Waals surface area contributed by atoms with Crippen LogP contribution in [0.5, 0.6) is 0 Å². The zero-order chi connectivity index (χ0) is 19.0. The van der Waals surface area contributed by atoms with E-state index in [2.05, 4.69) is 20.8 Å². The Morgan fingerprint density at radius 1 is 1.15 bits per heavy atom. The molecule has 4 N–H and O–H groups in total. The van der Waals surface area contributed by atoms with Crippen LogP contribution in [0.15, 0.2) is 29.2 Å². The van der Waals surface area contributed by atoms with E-state index in [1.54, 1.807) is 12.1 Å². The van der Waals surface area contributed by atoms with Gasteiger partial charge in [0.1, 0.15) is 0 Å². The molecule has 0 aliphatic rings. The highest BCUT2D eigenvalue weighted by molar-refractivity contribution is 7.89. The molecule has 1 amide bonds. The lowest BCUT2D eigenvalue weighted by Gasteiger charge is -2.04. The minimum atomic E-state index is -3.67. The third kappa shape index (κ3) is 6.87. The number of carbonyl (C=O) groups excluding carboxylic acids is 1. The molecule has 0 saturated heterocycles. The molecular formula is C15H20ClN5O3S2. The number of nitrogens with two attached hydrogens (primary N) is 1. The van der Waals surface area contributed by atoms with Gasteiger partial charge >= 0.3 is 0 Å². The molecule has 11 heteroatoms. The molecular weight excluding hydrogens is 398 g/mol. The summed E-state index contributed by atoms with van der Waals surface area (Å²) in [4.78, 5) is 11.8. The normalized spacial score (nSPS) is 11.3. The van der Waals surface area contributed by atoms with Crippen molar-refractivity contribution in [2.24, 2.45) is 5.14 Å². The Bertz CT molecular complexity index is 824. The van der Waals surface area contributed by atoms with E-state index in [4.69, 9.17) is 16.7 Å². The minimum Gasteiger partial charge on any atom is -0.360 e. The molecule has 0 aliphatic carbocycles. The second-order valence-electron chi connectivity index (χ2n) is 5.47. The van der Waals surface area contributed by atoms with Gasteiger partial charge in [0.05, 0.1) is 4.90 Å². The molecule has 142 valence electrons. The number of sulfonamides is 1. The zero-order valence-electron chi connectivity index (χ0n) is 13.9. The van der Waals surface area contributed by atoms with Crippen LogP contribution in [0.4, 0.5) is 10.3 Å². The van der Waals surface area contributed by atoms with Gasteiger partial charge in [-0.2, -0.15) is 0 Å². The summed E-state index contributed by atoms with van der Waals surface area (Å²) in [6, 6.07) is 6.39. The van der Waals surface area contributed by atoms with Crippen LogP contribution >= 0.6 is 22.9 Å². The van der Waals surface area contributed by atoms with E-state index in [1.807, 2.05) is 0 Å². The SMILES string of the molecule is NS(=O)(=O)c1ccc(CCNc2nnc(NC(=O)CCCCCl)s2)cc1. The van der Waals surface area contributed by atoms with Crippen molar-refractivity contribution in [2.45, 2.75) is 30.6 Å². The predicted octanol–water partition coefficient (Wildman–Crippen LogP) is 2.19. The maximum atomic E-state index is 11.7. The number of hydrogen-bond donors (Lipinski definition) is 3. The van der Waals surface area contributed by atoms with Crippen molar-refractivity contribution >= 4 is 49.1 Å². The summed E-state index contributed by atoms with van der Waals surface area (Å²) >= 11 is 6.83. The van der Waals surface area contributed by atoms with Gasteiger partial charge in [-0.3, -0.25) is 4.79 Å². The van der Waals surface area contributed by atoms with Gasteiger partial charge in [0.25, 0.3) is 0 Å². The molecule has 26 heavy (non-hydrogen) atoms. The Morgan fingerprint density at radius 2 is 1.85 bits per heavy atom. The molecule has 0 spiro atoms. The lowest BCUT2D eigenvalue weighted by Crippen LogP contribution is -2.12. The van der Waals surface area contributed by atoms with Crippen molar-refractivity contribution in [2.75, 3.05) is 23.1 Å². The maximum absolute atomic E-state index is 11.7. The maximum Gasteiger partial charge on any atom is 0.238 e. The fourth-order valence-corrected chi connectivity index (χ4v) is 3.46. The molecule has 1 aromatic carbocycles. The van der Waals surface area contributed by atoms with Gasteiger partial charge in [-0.15, -0.1) is 21.8 Å². The van der Waals surface area contributed by atoms with E-state index >= 15 is 0 Å². The number of hydrogen-bond acceptors (Lipinski definition) is 7. The largest absolute Gasteiger partial charge is 0.360 e. The van der Waals surface area contributed by atoms with Crippen molar-refractivity contribution < 1.29 is 13.2 Å². The van der Waals surface area contributed by atoms with Gasteiger partial charge in [0.15, 0.2) is 0 Å². The van der Waals surface area contributed by atoms with Crippen LogP contribution < -0.4 is 15.8 Å². The quantitative estimate of drug-likeness (QED) is 0.401. The number of primary sulfonamides is 1. The fraction of sp³-hybridized carbons (Fsp3) is 0.400. The van der Waals surface area contributed by atoms with Gasteiger partial charge in [-0.1, -0.05) is 23.5 Å². The molecule has 1 heterocycles. The molecule has 0 bridgehead atoms. The molecule has 0 saturated carbocycles. The van der Waals surface area contributed by atoms with E-state index in [1.165, 1.54) is 23.5 Å². The number of amides is 1. The first-order chi connectivity index (χ1) is 12.4. The smallest absolute Gasteiger partial charge is 0.238 e. The van der Waals surface area contributed by atoms with Crippen LogP contribution in [-0.4, -0.2) is 36.9 Å². The Morgan fingerprint density at radius 3 is 2.50 bits per heavy atom. The number of nitrogens with one attached hydrogen (secondary N) is 2. The van der Waals surface area contributed by atoms with E-state index < -0.39 is 10.0 Å². The van der Waals surface area contributed by atoms with Gasteiger partial charge in [0.2, 0.25) is 26.2 Å². The number of benzene rings is 1. The Hall–Kier alpha value is -1.75. The first-order valence-corrected chi connectivity index (χ1v) is 10.8. The fourth-order valence-electron chi connectivity index (χ4n) is 2.07. The first-order valence-electron chi connectivity index (χ1n) is 7.93. The van der Waals surface area contributed by atoms with Crippen molar-refractivity contribution in [3.63, 3.8) is 0 Å². The standard InChI is InChI=1S/C15H20ClN5O3S2/c16-9-2-1-3-13(22)19-15-21-20-14(25-15)18-10-8-11-4-6-12(7-5-11)26(17,23)24/h4-7H,1-3,8-10H2,(H,18,20)(H2,17,23,24)(H,19,21,22). The summed E-state index contributed by atoms with van der Waals surface area (Å²) in [7, 11) is -3.67. The molecule has 2 rings (SSSR count). The van der Waals surface area contributed by atoms with E-state index in [-0.39, 0.29) is 10.8 Å². The topological polar surface area (TPSA) is 127 Å². The zero-order valence-corrected chi connectivity index (χ0v) is 16.3.